The van der Waals surface area contributed by atoms with E-state index < -0.39 is 5.69 Å². The fourth-order valence-electron chi connectivity index (χ4n) is 2.85. The molecule has 110 valence electrons. The summed E-state index contributed by atoms with van der Waals surface area (Å²) in [5.74, 6) is 0.906. The zero-order valence-corrected chi connectivity index (χ0v) is 12.2. The van der Waals surface area contributed by atoms with Crippen LogP contribution in [-0.2, 0) is 18.4 Å². The lowest BCUT2D eigenvalue weighted by atomic mass is 9.92. The molecule has 0 radical (unpaired) electrons. The summed E-state index contributed by atoms with van der Waals surface area (Å²) in [6, 6.07) is 1.30. The number of rotatable bonds is 2. The van der Waals surface area contributed by atoms with E-state index in [2.05, 4.69) is 13.8 Å². The van der Waals surface area contributed by atoms with Gasteiger partial charge in [-0.05, 0) is 18.3 Å². The smallest absolute Gasteiger partial charge is 0.331 e. The number of nitrogens with zero attached hydrogens (tertiary/aromatic N) is 3. The van der Waals surface area contributed by atoms with Gasteiger partial charge in [0.2, 0.25) is 5.91 Å². The highest BCUT2D eigenvalue weighted by atomic mass is 16.2. The summed E-state index contributed by atoms with van der Waals surface area (Å²) >= 11 is 0. The third-order valence-electron chi connectivity index (χ3n) is 3.79. The first-order chi connectivity index (χ1) is 9.38. The predicted octanol–water partition coefficient (Wildman–Crippen LogP) is 0.0515. The molecular formula is C14H21N3O3. The van der Waals surface area contributed by atoms with Crippen LogP contribution >= 0.6 is 0 Å². The molecule has 0 unspecified atom stereocenters. The molecule has 2 heterocycles. The fourth-order valence-corrected chi connectivity index (χ4v) is 2.85. The van der Waals surface area contributed by atoms with Gasteiger partial charge < -0.3 is 4.90 Å². The van der Waals surface area contributed by atoms with Crippen molar-refractivity contribution in [3.8, 4) is 0 Å². The molecule has 1 aliphatic heterocycles. The van der Waals surface area contributed by atoms with Crippen molar-refractivity contribution in [3.63, 3.8) is 0 Å². The molecule has 0 saturated carbocycles. The molecule has 0 aliphatic carbocycles. The Balaban J connectivity index is 2.14. The van der Waals surface area contributed by atoms with Gasteiger partial charge in [0, 0.05) is 32.4 Å². The highest BCUT2D eigenvalue weighted by molar-refractivity contribution is 5.76. The van der Waals surface area contributed by atoms with Crippen LogP contribution < -0.4 is 11.2 Å². The van der Waals surface area contributed by atoms with Gasteiger partial charge in [0.1, 0.15) is 6.54 Å². The molecule has 2 atom stereocenters. The zero-order chi connectivity index (χ0) is 14.9. The standard InChI is InChI=1S/C14H21N3O3/c1-10-6-11(2)8-17(7-10)13(19)9-16-5-4-12(18)15(3)14(16)20/h4-5,10-11H,6-9H2,1-3H3/t10-,11-/m1/s1. The van der Waals surface area contributed by atoms with Crippen LogP contribution in [0.4, 0.5) is 0 Å². The average Bonchev–Trinajstić information content (AvgIpc) is 2.38. The molecule has 0 aromatic carbocycles. The van der Waals surface area contributed by atoms with Crippen LogP contribution in [0, 0.1) is 11.8 Å². The number of aromatic nitrogens is 2. The van der Waals surface area contributed by atoms with Gasteiger partial charge in [-0.2, -0.15) is 0 Å². The van der Waals surface area contributed by atoms with Gasteiger partial charge in [0.05, 0.1) is 0 Å². The molecule has 1 aliphatic rings. The molecule has 1 aromatic rings. The van der Waals surface area contributed by atoms with Gasteiger partial charge in [0.15, 0.2) is 0 Å². The number of hydrogen-bond donors (Lipinski definition) is 0. The van der Waals surface area contributed by atoms with Gasteiger partial charge in [-0.3, -0.25) is 18.7 Å². The van der Waals surface area contributed by atoms with Crippen molar-refractivity contribution < 1.29 is 4.79 Å². The molecule has 1 saturated heterocycles. The number of piperidine rings is 1. The van der Waals surface area contributed by atoms with Crippen LogP contribution in [0.25, 0.3) is 0 Å². The molecule has 0 bridgehead atoms. The number of likely N-dealkylation sites (tertiary alicyclic amines) is 1. The van der Waals surface area contributed by atoms with E-state index in [1.165, 1.54) is 23.9 Å². The molecule has 1 fully saturated rings. The van der Waals surface area contributed by atoms with E-state index in [-0.39, 0.29) is 18.0 Å². The van der Waals surface area contributed by atoms with Crippen LogP contribution in [0.15, 0.2) is 21.9 Å². The second kappa shape index (κ2) is 5.64. The van der Waals surface area contributed by atoms with Crippen molar-refractivity contribution in [2.75, 3.05) is 13.1 Å². The van der Waals surface area contributed by atoms with Crippen LogP contribution in [0.3, 0.4) is 0 Å². The minimum absolute atomic E-state index is 0.00755. The first-order valence-corrected chi connectivity index (χ1v) is 6.92. The topological polar surface area (TPSA) is 64.3 Å². The lowest BCUT2D eigenvalue weighted by molar-refractivity contribution is -0.134. The SMILES string of the molecule is C[C@@H]1C[C@@H](C)CN(C(=O)Cn2ccc(=O)n(C)c2=O)C1. The van der Waals surface area contributed by atoms with E-state index in [1.807, 2.05) is 4.90 Å². The van der Waals surface area contributed by atoms with E-state index in [0.29, 0.717) is 11.8 Å². The normalized spacial score (nSPS) is 22.9. The van der Waals surface area contributed by atoms with Gasteiger partial charge in [0.25, 0.3) is 5.56 Å². The van der Waals surface area contributed by atoms with Crippen LogP contribution in [0.1, 0.15) is 20.3 Å². The highest BCUT2D eigenvalue weighted by Gasteiger charge is 2.25. The Kier molecular flexibility index (Phi) is 4.11. The van der Waals surface area contributed by atoms with Crippen molar-refractivity contribution in [1.82, 2.24) is 14.0 Å². The summed E-state index contributed by atoms with van der Waals surface area (Å²) in [5, 5.41) is 0. The van der Waals surface area contributed by atoms with E-state index in [1.54, 1.807) is 0 Å². The fraction of sp³-hybridized carbons (Fsp3) is 0.643. The molecule has 20 heavy (non-hydrogen) atoms. The first-order valence-electron chi connectivity index (χ1n) is 6.92. The van der Waals surface area contributed by atoms with Crippen molar-refractivity contribution in [3.05, 3.63) is 33.1 Å². The molecule has 1 aromatic heterocycles. The predicted molar refractivity (Wildman–Crippen MR) is 75.5 cm³/mol. The third-order valence-corrected chi connectivity index (χ3v) is 3.79. The van der Waals surface area contributed by atoms with Crippen LogP contribution in [0.2, 0.25) is 0 Å². The van der Waals surface area contributed by atoms with Crippen molar-refractivity contribution in [2.24, 2.45) is 18.9 Å². The number of carbonyl (C=O) groups excluding carboxylic acids is 1. The summed E-state index contributed by atoms with van der Waals surface area (Å²) in [5.41, 5.74) is -0.817. The maximum absolute atomic E-state index is 12.3. The van der Waals surface area contributed by atoms with E-state index in [9.17, 15) is 14.4 Å². The second-order valence-corrected chi connectivity index (χ2v) is 5.87. The Labute approximate surface area is 117 Å². The quantitative estimate of drug-likeness (QED) is 0.768. The molecule has 0 N–H and O–H groups in total. The molecule has 0 spiro atoms. The summed E-state index contributed by atoms with van der Waals surface area (Å²) in [6.45, 7) is 5.74. The second-order valence-electron chi connectivity index (χ2n) is 5.87. The van der Waals surface area contributed by atoms with E-state index >= 15 is 0 Å². The zero-order valence-electron chi connectivity index (χ0n) is 12.2. The molecule has 6 nitrogen and oxygen atoms in total. The van der Waals surface area contributed by atoms with E-state index in [4.69, 9.17) is 0 Å². The highest BCUT2D eigenvalue weighted by Crippen LogP contribution is 2.20. The number of carbonyl (C=O) groups is 1. The van der Waals surface area contributed by atoms with E-state index in [0.717, 1.165) is 24.1 Å². The molecule has 2 rings (SSSR count). The molecule has 1 amide bonds. The Hall–Kier alpha value is -1.85. The summed E-state index contributed by atoms with van der Waals surface area (Å²) in [6.07, 6.45) is 2.52. The monoisotopic (exact) mass is 279 g/mol. The average molecular weight is 279 g/mol. The van der Waals surface area contributed by atoms with Gasteiger partial charge in [-0.1, -0.05) is 13.8 Å². The van der Waals surface area contributed by atoms with Crippen LogP contribution in [0.5, 0.6) is 0 Å². The lowest BCUT2D eigenvalue weighted by Crippen LogP contribution is -2.46. The number of amides is 1. The summed E-state index contributed by atoms with van der Waals surface area (Å²) in [7, 11) is 1.41. The Morgan fingerprint density at radius 3 is 2.45 bits per heavy atom. The van der Waals surface area contributed by atoms with Crippen molar-refractivity contribution >= 4 is 5.91 Å². The summed E-state index contributed by atoms with van der Waals surface area (Å²) in [4.78, 5) is 37.3. The minimum atomic E-state index is -0.455. The van der Waals surface area contributed by atoms with Gasteiger partial charge in [-0.15, -0.1) is 0 Å². The Bertz CT molecular complexity index is 607. The third kappa shape index (κ3) is 3.00. The van der Waals surface area contributed by atoms with Gasteiger partial charge in [-0.25, -0.2) is 4.79 Å². The maximum atomic E-state index is 12.3. The van der Waals surface area contributed by atoms with Gasteiger partial charge >= 0.3 is 5.69 Å². The lowest BCUT2D eigenvalue weighted by Gasteiger charge is -2.35. The number of hydrogen-bond acceptors (Lipinski definition) is 3. The minimum Gasteiger partial charge on any atom is -0.341 e. The first kappa shape index (κ1) is 14.6. The molecule has 6 heteroatoms. The Morgan fingerprint density at radius 1 is 1.25 bits per heavy atom. The molecular weight excluding hydrogens is 258 g/mol. The largest absolute Gasteiger partial charge is 0.341 e. The van der Waals surface area contributed by atoms with Crippen LogP contribution in [-0.4, -0.2) is 33.0 Å². The van der Waals surface area contributed by atoms with Crippen molar-refractivity contribution in [2.45, 2.75) is 26.8 Å². The summed E-state index contributed by atoms with van der Waals surface area (Å²) < 4.78 is 2.29. The maximum Gasteiger partial charge on any atom is 0.331 e. The Morgan fingerprint density at radius 2 is 1.85 bits per heavy atom. The van der Waals surface area contributed by atoms with Crippen molar-refractivity contribution in [1.29, 1.82) is 0 Å².